The standard InChI is InChI=1S/C32H51FN2O/c1-4-6-7-8-9-10-11-12-13-14-16-28-18-20-29(21-19-28)32-34-25-31(26-35-32)36-24-23-30(33)22-17-27(3)15-5-2/h18-21,25-27,30H,4-17,22-24H2,1-3H3. The van der Waals surface area contributed by atoms with Crippen molar-refractivity contribution < 1.29 is 9.13 Å². The SMILES string of the molecule is CCCCCCCCCCCCc1ccc(-c2ncc(OCCC(F)CCC(C)CCC)cn2)cc1. The van der Waals surface area contributed by atoms with Crippen LogP contribution in [0.25, 0.3) is 11.4 Å². The Balaban J connectivity index is 1.61. The van der Waals surface area contributed by atoms with Gasteiger partial charge in [0.2, 0.25) is 0 Å². The normalized spacial score (nSPS) is 13.0. The van der Waals surface area contributed by atoms with Gasteiger partial charge in [0, 0.05) is 12.0 Å². The number of aromatic nitrogens is 2. The van der Waals surface area contributed by atoms with Crippen molar-refractivity contribution in [1.82, 2.24) is 9.97 Å². The first kappa shape index (κ1) is 30.3. The topological polar surface area (TPSA) is 35.0 Å². The largest absolute Gasteiger partial charge is 0.490 e. The second-order valence-corrected chi connectivity index (χ2v) is 10.6. The number of nitrogens with zero attached hydrogens (tertiary/aromatic N) is 2. The van der Waals surface area contributed by atoms with Crippen molar-refractivity contribution in [1.29, 1.82) is 0 Å². The summed E-state index contributed by atoms with van der Waals surface area (Å²) in [7, 11) is 0. The van der Waals surface area contributed by atoms with Crippen LogP contribution in [0.1, 0.15) is 123 Å². The third kappa shape index (κ3) is 13.4. The van der Waals surface area contributed by atoms with Gasteiger partial charge in [-0.2, -0.15) is 0 Å². The van der Waals surface area contributed by atoms with E-state index in [1.54, 1.807) is 12.4 Å². The number of benzene rings is 1. The van der Waals surface area contributed by atoms with Crippen LogP contribution < -0.4 is 4.74 Å². The van der Waals surface area contributed by atoms with Gasteiger partial charge >= 0.3 is 0 Å². The van der Waals surface area contributed by atoms with Crippen LogP contribution in [-0.2, 0) is 6.42 Å². The van der Waals surface area contributed by atoms with Gasteiger partial charge in [-0.1, -0.05) is 116 Å². The number of alkyl halides is 1. The summed E-state index contributed by atoms with van der Waals surface area (Å²) in [5.41, 5.74) is 2.39. The molecule has 2 aromatic rings. The first-order valence-electron chi connectivity index (χ1n) is 14.8. The minimum atomic E-state index is -0.802. The van der Waals surface area contributed by atoms with E-state index in [0.29, 0.717) is 36.9 Å². The highest BCUT2D eigenvalue weighted by molar-refractivity contribution is 5.55. The Kier molecular flexibility index (Phi) is 16.1. The van der Waals surface area contributed by atoms with E-state index in [1.165, 1.54) is 82.6 Å². The highest BCUT2D eigenvalue weighted by Gasteiger charge is 2.10. The quantitative estimate of drug-likeness (QED) is 0.161. The Morgan fingerprint density at radius 3 is 1.94 bits per heavy atom. The molecular formula is C32H51FN2O. The minimum absolute atomic E-state index is 0.361. The van der Waals surface area contributed by atoms with Gasteiger partial charge < -0.3 is 4.74 Å². The first-order valence-corrected chi connectivity index (χ1v) is 14.8. The van der Waals surface area contributed by atoms with Crippen LogP contribution in [0.15, 0.2) is 36.7 Å². The monoisotopic (exact) mass is 498 g/mol. The Morgan fingerprint density at radius 1 is 0.722 bits per heavy atom. The van der Waals surface area contributed by atoms with Gasteiger partial charge in [-0.15, -0.1) is 0 Å². The number of halogens is 1. The van der Waals surface area contributed by atoms with Gasteiger partial charge in [0.1, 0.15) is 6.17 Å². The van der Waals surface area contributed by atoms with Gasteiger partial charge in [-0.3, -0.25) is 0 Å². The molecule has 1 heterocycles. The van der Waals surface area contributed by atoms with Crippen LogP contribution in [-0.4, -0.2) is 22.7 Å². The van der Waals surface area contributed by atoms with Crippen molar-refractivity contribution in [2.45, 2.75) is 130 Å². The summed E-state index contributed by atoms with van der Waals surface area (Å²) in [6.45, 7) is 7.02. The summed E-state index contributed by atoms with van der Waals surface area (Å²) in [6, 6.07) is 8.60. The summed E-state index contributed by atoms with van der Waals surface area (Å²) in [6.07, 6.45) is 21.7. The average Bonchev–Trinajstić information content (AvgIpc) is 2.89. The van der Waals surface area contributed by atoms with E-state index >= 15 is 0 Å². The van der Waals surface area contributed by atoms with E-state index in [4.69, 9.17) is 4.74 Å². The second kappa shape index (κ2) is 19.2. The Bertz CT molecular complexity index is 778. The lowest BCUT2D eigenvalue weighted by Crippen LogP contribution is -2.09. The molecule has 36 heavy (non-hydrogen) atoms. The smallest absolute Gasteiger partial charge is 0.159 e. The van der Waals surface area contributed by atoms with Crippen molar-refractivity contribution in [3.8, 4) is 17.1 Å². The number of hydrogen-bond acceptors (Lipinski definition) is 3. The average molecular weight is 499 g/mol. The van der Waals surface area contributed by atoms with Crippen LogP contribution >= 0.6 is 0 Å². The summed E-state index contributed by atoms with van der Waals surface area (Å²) in [5.74, 6) is 1.90. The van der Waals surface area contributed by atoms with Gasteiger partial charge in [-0.05, 0) is 37.2 Å². The molecule has 0 fully saturated rings. The van der Waals surface area contributed by atoms with Crippen LogP contribution in [0.2, 0.25) is 0 Å². The van der Waals surface area contributed by atoms with E-state index in [0.717, 1.165) is 18.4 Å². The molecule has 0 radical (unpaired) electrons. The number of ether oxygens (including phenoxy) is 1. The molecule has 2 rings (SSSR count). The molecule has 1 aromatic heterocycles. The van der Waals surface area contributed by atoms with Crippen molar-refractivity contribution in [3.63, 3.8) is 0 Å². The Morgan fingerprint density at radius 2 is 1.33 bits per heavy atom. The molecule has 0 amide bonds. The molecule has 0 spiro atoms. The highest BCUT2D eigenvalue weighted by atomic mass is 19.1. The van der Waals surface area contributed by atoms with Gasteiger partial charge in [0.15, 0.2) is 11.6 Å². The third-order valence-corrected chi connectivity index (χ3v) is 7.11. The van der Waals surface area contributed by atoms with Crippen LogP contribution in [0.5, 0.6) is 5.75 Å². The Labute approximate surface area is 220 Å². The fourth-order valence-corrected chi connectivity index (χ4v) is 4.73. The lowest BCUT2D eigenvalue weighted by molar-refractivity contribution is 0.215. The maximum Gasteiger partial charge on any atom is 0.159 e. The predicted octanol–water partition coefficient (Wildman–Crippen LogP) is 9.93. The summed E-state index contributed by atoms with van der Waals surface area (Å²) >= 11 is 0. The zero-order chi connectivity index (χ0) is 25.8. The molecule has 0 aliphatic rings. The zero-order valence-electron chi connectivity index (χ0n) is 23.3. The maximum absolute atomic E-state index is 14.1. The van der Waals surface area contributed by atoms with Gasteiger partial charge in [0.25, 0.3) is 0 Å². The Hall–Kier alpha value is -1.97. The summed E-state index contributed by atoms with van der Waals surface area (Å²) in [5, 5.41) is 0. The lowest BCUT2D eigenvalue weighted by Gasteiger charge is -2.13. The van der Waals surface area contributed by atoms with Gasteiger partial charge in [0.05, 0.1) is 19.0 Å². The van der Waals surface area contributed by atoms with Crippen molar-refractivity contribution in [2.24, 2.45) is 5.92 Å². The minimum Gasteiger partial charge on any atom is -0.490 e. The fraction of sp³-hybridized carbons (Fsp3) is 0.688. The van der Waals surface area contributed by atoms with Crippen LogP contribution in [0.3, 0.4) is 0 Å². The lowest BCUT2D eigenvalue weighted by atomic mass is 9.98. The van der Waals surface area contributed by atoms with E-state index < -0.39 is 6.17 Å². The van der Waals surface area contributed by atoms with E-state index in [2.05, 4.69) is 55.0 Å². The molecule has 4 heteroatoms. The maximum atomic E-state index is 14.1. The summed E-state index contributed by atoms with van der Waals surface area (Å²) in [4.78, 5) is 8.91. The summed E-state index contributed by atoms with van der Waals surface area (Å²) < 4.78 is 19.8. The number of rotatable bonds is 21. The molecule has 0 aliphatic heterocycles. The molecule has 0 N–H and O–H groups in total. The molecule has 3 nitrogen and oxygen atoms in total. The van der Waals surface area contributed by atoms with Crippen molar-refractivity contribution in [3.05, 3.63) is 42.2 Å². The molecule has 202 valence electrons. The molecular weight excluding hydrogens is 447 g/mol. The molecule has 2 unspecified atom stereocenters. The molecule has 1 aromatic carbocycles. The second-order valence-electron chi connectivity index (χ2n) is 10.6. The van der Waals surface area contributed by atoms with Gasteiger partial charge in [-0.25, -0.2) is 14.4 Å². The van der Waals surface area contributed by atoms with E-state index in [-0.39, 0.29) is 0 Å². The predicted molar refractivity (Wildman–Crippen MR) is 151 cm³/mol. The van der Waals surface area contributed by atoms with E-state index in [9.17, 15) is 4.39 Å². The molecule has 2 atom stereocenters. The molecule has 0 bridgehead atoms. The zero-order valence-corrected chi connectivity index (χ0v) is 23.3. The van der Waals surface area contributed by atoms with Crippen LogP contribution in [0, 0.1) is 5.92 Å². The number of hydrogen-bond donors (Lipinski definition) is 0. The molecule has 0 aliphatic carbocycles. The van der Waals surface area contributed by atoms with E-state index in [1.807, 2.05) is 0 Å². The first-order chi connectivity index (χ1) is 17.6. The molecule has 0 saturated heterocycles. The van der Waals surface area contributed by atoms with Crippen LogP contribution in [0.4, 0.5) is 4.39 Å². The third-order valence-electron chi connectivity index (χ3n) is 7.11. The van der Waals surface area contributed by atoms with Crippen molar-refractivity contribution >= 4 is 0 Å². The fourth-order valence-electron chi connectivity index (χ4n) is 4.73. The highest BCUT2D eigenvalue weighted by Crippen LogP contribution is 2.20. The number of unbranched alkanes of at least 4 members (excludes halogenated alkanes) is 9. The molecule has 0 saturated carbocycles. The van der Waals surface area contributed by atoms with Crippen molar-refractivity contribution in [2.75, 3.05) is 6.61 Å². The number of aryl methyl sites for hydroxylation is 1.